The fraction of sp³-hybridized carbons (Fsp3) is 0.600. The average Bonchev–Trinajstić information content (AvgIpc) is 2.98. The molecule has 0 saturated heterocycles. The maximum absolute atomic E-state index is 13.5. The van der Waals surface area contributed by atoms with Crippen molar-refractivity contribution < 1.29 is 22.3 Å². The summed E-state index contributed by atoms with van der Waals surface area (Å²) in [5.74, 6) is -6.51. The summed E-state index contributed by atoms with van der Waals surface area (Å²) >= 11 is 0. The molecule has 0 amide bonds. The van der Waals surface area contributed by atoms with Crippen LogP contribution in [0.2, 0.25) is 0 Å². The third-order valence-corrected chi connectivity index (χ3v) is 3.91. The van der Waals surface area contributed by atoms with Crippen LogP contribution < -0.4 is 10.1 Å². The number of halogens is 4. The van der Waals surface area contributed by atoms with Crippen molar-refractivity contribution in [3.05, 3.63) is 29.3 Å². The van der Waals surface area contributed by atoms with Crippen molar-refractivity contribution in [1.82, 2.24) is 5.32 Å². The monoisotopic (exact) mass is 305 g/mol. The van der Waals surface area contributed by atoms with Crippen LogP contribution in [0.15, 0.2) is 6.07 Å². The van der Waals surface area contributed by atoms with Crippen molar-refractivity contribution in [3.8, 4) is 5.75 Å². The molecular weight excluding hydrogens is 286 g/mol. The minimum absolute atomic E-state index is 0.0186. The highest BCUT2D eigenvalue weighted by atomic mass is 19.2. The van der Waals surface area contributed by atoms with E-state index >= 15 is 0 Å². The summed E-state index contributed by atoms with van der Waals surface area (Å²) in [6.07, 6.45) is 4.26. The van der Waals surface area contributed by atoms with Crippen LogP contribution in [-0.4, -0.2) is 19.2 Å². The standard InChI is InChI=1S/C15H19F4NO/c1-2-20-12(9-5-3-4-6-9)8-21-15-13(18)10(16)7-11(17)14(15)19/h7,9,12,20H,2-6,8H2,1H3. The van der Waals surface area contributed by atoms with Crippen molar-refractivity contribution in [2.24, 2.45) is 5.92 Å². The fourth-order valence-electron chi connectivity index (χ4n) is 2.83. The molecule has 0 bridgehead atoms. The van der Waals surface area contributed by atoms with E-state index < -0.39 is 29.0 Å². The van der Waals surface area contributed by atoms with Gasteiger partial charge in [-0.1, -0.05) is 19.8 Å². The van der Waals surface area contributed by atoms with Gasteiger partial charge in [0.15, 0.2) is 17.4 Å². The zero-order chi connectivity index (χ0) is 15.4. The Labute approximate surface area is 121 Å². The number of ether oxygens (including phenoxy) is 1. The Morgan fingerprint density at radius 2 is 1.71 bits per heavy atom. The molecule has 1 aliphatic carbocycles. The van der Waals surface area contributed by atoms with Gasteiger partial charge in [-0.05, 0) is 25.3 Å². The van der Waals surface area contributed by atoms with E-state index in [0.717, 1.165) is 25.7 Å². The lowest BCUT2D eigenvalue weighted by Gasteiger charge is -2.24. The third kappa shape index (κ3) is 3.67. The predicted octanol–water partition coefficient (Wildman–Crippen LogP) is 3.79. The van der Waals surface area contributed by atoms with E-state index in [2.05, 4.69) is 5.32 Å². The van der Waals surface area contributed by atoms with Gasteiger partial charge in [-0.3, -0.25) is 0 Å². The first-order chi connectivity index (χ1) is 10.0. The second-order valence-electron chi connectivity index (χ2n) is 5.32. The Balaban J connectivity index is 2.10. The second-order valence-corrected chi connectivity index (χ2v) is 5.32. The molecule has 0 aromatic heterocycles. The summed E-state index contributed by atoms with van der Waals surface area (Å²) in [6.45, 7) is 2.59. The Hall–Kier alpha value is -1.30. The van der Waals surface area contributed by atoms with Crippen molar-refractivity contribution >= 4 is 0 Å². The molecule has 0 radical (unpaired) electrons. The molecule has 21 heavy (non-hydrogen) atoms. The number of benzene rings is 1. The molecule has 1 aromatic rings. The van der Waals surface area contributed by atoms with Crippen molar-refractivity contribution in [2.45, 2.75) is 38.6 Å². The van der Waals surface area contributed by atoms with Crippen LogP contribution in [0, 0.1) is 29.2 Å². The predicted molar refractivity (Wildman–Crippen MR) is 71.2 cm³/mol. The fourth-order valence-corrected chi connectivity index (χ4v) is 2.83. The Kier molecular flexibility index (Phi) is 5.45. The van der Waals surface area contributed by atoms with E-state index in [1.807, 2.05) is 6.92 Å². The lowest BCUT2D eigenvalue weighted by atomic mass is 9.99. The van der Waals surface area contributed by atoms with E-state index in [1.165, 1.54) is 0 Å². The summed E-state index contributed by atoms with van der Waals surface area (Å²) < 4.78 is 58.4. The molecular formula is C15H19F4NO. The lowest BCUT2D eigenvalue weighted by molar-refractivity contribution is 0.200. The topological polar surface area (TPSA) is 21.3 Å². The van der Waals surface area contributed by atoms with E-state index in [9.17, 15) is 17.6 Å². The molecule has 0 heterocycles. The smallest absolute Gasteiger partial charge is 0.203 e. The summed E-state index contributed by atoms with van der Waals surface area (Å²) in [4.78, 5) is 0. The molecule has 2 rings (SSSR count). The highest BCUT2D eigenvalue weighted by Crippen LogP contribution is 2.30. The van der Waals surface area contributed by atoms with E-state index in [0.29, 0.717) is 12.5 Å². The molecule has 118 valence electrons. The van der Waals surface area contributed by atoms with Crippen LogP contribution in [0.5, 0.6) is 5.75 Å². The van der Waals surface area contributed by atoms with Gasteiger partial charge in [0.25, 0.3) is 0 Å². The van der Waals surface area contributed by atoms with Crippen LogP contribution in [0.1, 0.15) is 32.6 Å². The number of rotatable bonds is 6. The highest BCUT2D eigenvalue weighted by Gasteiger charge is 2.27. The molecule has 1 aliphatic rings. The van der Waals surface area contributed by atoms with Crippen LogP contribution in [0.4, 0.5) is 17.6 Å². The maximum Gasteiger partial charge on any atom is 0.203 e. The van der Waals surface area contributed by atoms with Gasteiger partial charge in [0, 0.05) is 12.1 Å². The first kappa shape index (κ1) is 16.1. The first-order valence-corrected chi connectivity index (χ1v) is 7.23. The third-order valence-electron chi connectivity index (χ3n) is 3.91. The summed E-state index contributed by atoms with van der Waals surface area (Å²) in [6, 6.07) is 0.0960. The van der Waals surface area contributed by atoms with Crippen molar-refractivity contribution in [3.63, 3.8) is 0 Å². The van der Waals surface area contributed by atoms with Crippen LogP contribution in [0.3, 0.4) is 0 Å². The summed E-state index contributed by atoms with van der Waals surface area (Å²) in [5, 5.41) is 3.21. The minimum atomic E-state index is -1.49. The molecule has 0 aliphatic heterocycles. The molecule has 2 nitrogen and oxygen atoms in total. The van der Waals surface area contributed by atoms with Gasteiger partial charge >= 0.3 is 0 Å². The van der Waals surface area contributed by atoms with Gasteiger partial charge in [0.1, 0.15) is 6.61 Å². The lowest BCUT2D eigenvalue weighted by Crippen LogP contribution is -2.40. The Morgan fingerprint density at radius 1 is 1.14 bits per heavy atom. The first-order valence-electron chi connectivity index (χ1n) is 7.23. The minimum Gasteiger partial charge on any atom is -0.486 e. The average molecular weight is 305 g/mol. The largest absolute Gasteiger partial charge is 0.486 e. The number of hydrogen-bond donors (Lipinski definition) is 1. The van der Waals surface area contributed by atoms with Crippen LogP contribution >= 0.6 is 0 Å². The molecule has 6 heteroatoms. The Bertz CT molecular complexity index is 463. The zero-order valence-electron chi connectivity index (χ0n) is 11.9. The number of nitrogens with one attached hydrogen (secondary N) is 1. The molecule has 1 saturated carbocycles. The van der Waals surface area contributed by atoms with Crippen LogP contribution in [-0.2, 0) is 0 Å². The van der Waals surface area contributed by atoms with Crippen molar-refractivity contribution in [2.75, 3.05) is 13.2 Å². The van der Waals surface area contributed by atoms with Gasteiger partial charge in [-0.2, -0.15) is 8.78 Å². The van der Waals surface area contributed by atoms with E-state index in [-0.39, 0.29) is 18.7 Å². The number of likely N-dealkylation sites (N-methyl/N-ethyl adjacent to an activating group) is 1. The molecule has 1 N–H and O–H groups in total. The van der Waals surface area contributed by atoms with Gasteiger partial charge in [-0.15, -0.1) is 0 Å². The van der Waals surface area contributed by atoms with Crippen LogP contribution in [0.25, 0.3) is 0 Å². The van der Waals surface area contributed by atoms with E-state index in [4.69, 9.17) is 4.74 Å². The van der Waals surface area contributed by atoms with Gasteiger partial charge < -0.3 is 10.1 Å². The second kappa shape index (κ2) is 7.11. The molecule has 1 fully saturated rings. The van der Waals surface area contributed by atoms with Gasteiger partial charge in [0.2, 0.25) is 11.6 Å². The molecule has 0 spiro atoms. The zero-order valence-corrected chi connectivity index (χ0v) is 11.9. The highest BCUT2D eigenvalue weighted by molar-refractivity contribution is 5.28. The van der Waals surface area contributed by atoms with Gasteiger partial charge in [0.05, 0.1) is 0 Å². The van der Waals surface area contributed by atoms with Gasteiger partial charge in [-0.25, -0.2) is 8.78 Å². The molecule has 1 atom stereocenters. The normalized spacial score (nSPS) is 17.2. The molecule has 1 unspecified atom stereocenters. The summed E-state index contributed by atoms with van der Waals surface area (Å²) in [5.41, 5.74) is 0. The SMILES string of the molecule is CCNC(COc1c(F)c(F)cc(F)c1F)C1CCCC1. The Morgan fingerprint density at radius 3 is 2.24 bits per heavy atom. The van der Waals surface area contributed by atoms with Crippen molar-refractivity contribution in [1.29, 1.82) is 0 Å². The number of hydrogen-bond acceptors (Lipinski definition) is 2. The molecule has 1 aromatic carbocycles. The van der Waals surface area contributed by atoms with E-state index in [1.54, 1.807) is 0 Å². The summed E-state index contributed by atoms with van der Waals surface area (Å²) in [7, 11) is 0. The quantitative estimate of drug-likeness (QED) is 0.638. The maximum atomic E-state index is 13.5.